The van der Waals surface area contributed by atoms with Crippen LogP contribution in [0.5, 0.6) is 0 Å². The highest BCUT2D eigenvalue weighted by Crippen LogP contribution is 2.44. The van der Waals surface area contributed by atoms with Gasteiger partial charge in [0.15, 0.2) is 0 Å². The summed E-state index contributed by atoms with van der Waals surface area (Å²) in [4.78, 5) is 38.0. The third-order valence-corrected chi connectivity index (χ3v) is 7.36. The highest BCUT2D eigenvalue weighted by atomic mass is 16.5. The summed E-state index contributed by atoms with van der Waals surface area (Å²) in [7, 11) is 0. The SMILES string of the molecule is CC(CCC(=O)N1CCC(C(=O)O)C(C)C1)CNC(=O)OCC1c2ccccc2-c2ccccc21. The number of hydrogen-bond acceptors (Lipinski definition) is 4. The number of nitrogens with zero attached hydrogens (tertiary/aromatic N) is 1. The Morgan fingerprint density at radius 3 is 2.31 bits per heavy atom. The van der Waals surface area contributed by atoms with Crippen LogP contribution in [0, 0.1) is 17.8 Å². The minimum absolute atomic E-state index is 0.0239. The summed E-state index contributed by atoms with van der Waals surface area (Å²) in [6.45, 7) is 5.57. The van der Waals surface area contributed by atoms with Crippen LogP contribution in [-0.4, -0.2) is 54.2 Å². The Bertz CT molecular complexity index is 1040. The van der Waals surface area contributed by atoms with E-state index < -0.39 is 12.1 Å². The van der Waals surface area contributed by atoms with Crippen molar-refractivity contribution in [3.63, 3.8) is 0 Å². The van der Waals surface area contributed by atoms with Gasteiger partial charge in [-0.05, 0) is 46.9 Å². The van der Waals surface area contributed by atoms with Crippen molar-refractivity contribution in [3.05, 3.63) is 59.7 Å². The van der Waals surface area contributed by atoms with E-state index in [1.165, 1.54) is 22.3 Å². The van der Waals surface area contributed by atoms with Crippen LogP contribution in [0.4, 0.5) is 4.79 Å². The first-order valence-electron chi connectivity index (χ1n) is 12.4. The van der Waals surface area contributed by atoms with Crippen LogP contribution in [0.3, 0.4) is 0 Å². The molecule has 0 aromatic heterocycles. The first-order chi connectivity index (χ1) is 16.8. The Labute approximate surface area is 206 Å². The molecule has 1 saturated heterocycles. The zero-order valence-electron chi connectivity index (χ0n) is 20.4. The number of likely N-dealkylation sites (tertiary alicyclic amines) is 1. The summed E-state index contributed by atoms with van der Waals surface area (Å²) in [5.74, 6) is -1.01. The van der Waals surface area contributed by atoms with Gasteiger partial charge in [-0.3, -0.25) is 9.59 Å². The molecule has 2 N–H and O–H groups in total. The molecule has 7 heteroatoms. The number of carbonyl (C=O) groups is 3. The van der Waals surface area contributed by atoms with Crippen LogP contribution < -0.4 is 5.32 Å². The van der Waals surface area contributed by atoms with Crippen molar-refractivity contribution in [2.45, 2.75) is 39.0 Å². The Morgan fingerprint density at radius 2 is 1.71 bits per heavy atom. The number of amides is 2. The molecule has 1 aliphatic carbocycles. The number of rotatable bonds is 8. The van der Waals surface area contributed by atoms with Crippen molar-refractivity contribution in [3.8, 4) is 11.1 Å². The Morgan fingerprint density at radius 1 is 1.09 bits per heavy atom. The van der Waals surface area contributed by atoms with Crippen LogP contribution in [0.15, 0.2) is 48.5 Å². The predicted molar refractivity (Wildman–Crippen MR) is 133 cm³/mol. The standard InChI is InChI=1S/C28H34N2O5/c1-18(11-12-26(31)30-14-13-20(27(32)33)19(2)16-30)15-29-28(34)35-17-25-23-9-5-3-7-21(23)22-8-4-6-10-24(22)25/h3-10,18-20,25H,11-17H2,1-2H3,(H,29,34)(H,32,33). The largest absolute Gasteiger partial charge is 0.481 e. The molecule has 2 aromatic carbocycles. The number of piperidine rings is 1. The number of fused-ring (bicyclic) bond motifs is 3. The number of carboxylic acid groups (broad SMARTS) is 1. The lowest BCUT2D eigenvalue weighted by molar-refractivity contribution is -0.148. The minimum atomic E-state index is -0.780. The molecule has 0 spiro atoms. The normalized spacial score (nSPS) is 20.0. The van der Waals surface area contributed by atoms with E-state index in [0.717, 1.165) is 0 Å². The van der Waals surface area contributed by atoms with E-state index in [0.29, 0.717) is 38.9 Å². The quantitative estimate of drug-likeness (QED) is 0.582. The van der Waals surface area contributed by atoms with Gasteiger partial charge in [0.25, 0.3) is 0 Å². The molecule has 2 aliphatic rings. The fourth-order valence-corrected chi connectivity index (χ4v) is 5.28. The summed E-state index contributed by atoms with van der Waals surface area (Å²) in [6, 6.07) is 16.5. The van der Waals surface area contributed by atoms with E-state index in [2.05, 4.69) is 29.6 Å². The van der Waals surface area contributed by atoms with Crippen molar-refractivity contribution < 1.29 is 24.2 Å². The molecule has 1 fully saturated rings. The van der Waals surface area contributed by atoms with E-state index in [1.54, 1.807) is 4.90 Å². The van der Waals surface area contributed by atoms with Crippen molar-refractivity contribution in [1.82, 2.24) is 10.2 Å². The predicted octanol–water partition coefficient (Wildman–Crippen LogP) is 4.51. The van der Waals surface area contributed by atoms with Gasteiger partial charge in [0.1, 0.15) is 6.61 Å². The second-order valence-corrected chi connectivity index (χ2v) is 9.90. The van der Waals surface area contributed by atoms with Gasteiger partial charge in [-0.2, -0.15) is 0 Å². The van der Waals surface area contributed by atoms with E-state index in [9.17, 15) is 19.5 Å². The lowest BCUT2D eigenvalue weighted by Crippen LogP contribution is -2.45. The van der Waals surface area contributed by atoms with Gasteiger partial charge >= 0.3 is 12.1 Å². The highest BCUT2D eigenvalue weighted by Gasteiger charge is 2.33. The molecule has 7 nitrogen and oxygen atoms in total. The molecule has 2 amide bonds. The number of nitrogens with one attached hydrogen (secondary N) is 1. The maximum absolute atomic E-state index is 12.6. The number of hydrogen-bond donors (Lipinski definition) is 2. The number of ether oxygens (including phenoxy) is 1. The molecule has 0 saturated carbocycles. The van der Waals surface area contributed by atoms with Crippen molar-refractivity contribution in [1.29, 1.82) is 0 Å². The average molecular weight is 479 g/mol. The maximum Gasteiger partial charge on any atom is 0.407 e. The second-order valence-electron chi connectivity index (χ2n) is 9.90. The van der Waals surface area contributed by atoms with Gasteiger partial charge in [-0.25, -0.2) is 4.79 Å². The lowest BCUT2D eigenvalue weighted by atomic mass is 9.87. The van der Waals surface area contributed by atoms with Crippen molar-refractivity contribution >= 4 is 18.0 Å². The number of carbonyl (C=O) groups excluding carboxylic acids is 2. The summed E-state index contributed by atoms with van der Waals surface area (Å²) < 4.78 is 5.58. The zero-order valence-corrected chi connectivity index (χ0v) is 20.4. The fourth-order valence-electron chi connectivity index (χ4n) is 5.28. The monoisotopic (exact) mass is 478 g/mol. The minimum Gasteiger partial charge on any atom is -0.481 e. The summed E-state index contributed by atoms with van der Waals surface area (Å²) in [5.41, 5.74) is 4.74. The van der Waals surface area contributed by atoms with Gasteiger partial charge < -0.3 is 20.1 Å². The molecule has 186 valence electrons. The lowest BCUT2D eigenvalue weighted by Gasteiger charge is -2.35. The number of carboxylic acids is 1. The van der Waals surface area contributed by atoms with Gasteiger partial charge in [-0.1, -0.05) is 62.4 Å². The number of alkyl carbamates (subject to hydrolysis) is 1. The maximum atomic E-state index is 12.6. The molecule has 2 aromatic rings. The first kappa shape index (κ1) is 24.8. The van der Waals surface area contributed by atoms with Crippen LogP contribution in [0.2, 0.25) is 0 Å². The molecular formula is C28H34N2O5. The van der Waals surface area contributed by atoms with Gasteiger partial charge in [0, 0.05) is 32.0 Å². The topological polar surface area (TPSA) is 95.9 Å². The third-order valence-electron chi connectivity index (χ3n) is 7.36. The molecule has 0 radical (unpaired) electrons. The van der Waals surface area contributed by atoms with E-state index in [-0.39, 0.29) is 36.2 Å². The van der Waals surface area contributed by atoms with Crippen molar-refractivity contribution in [2.75, 3.05) is 26.2 Å². The highest BCUT2D eigenvalue weighted by molar-refractivity contribution is 5.79. The van der Waals surface area contributed by atoms with E-state index >= 15 is 0 Å². The Balaban J connectivity index is 1.19. The van der Waals surface area contributed by atoms with Crippen LogP contribution in [0.1, 0.15) is 50.2 Å². The Kier molecular flexibility index (Phi) is 7.73. The summed E-state index contributed by atoms with van der Waals surface area (Å²) >= 11 is 0. The second kappa shape index (κ2) is 10.9. The third kappa shape index (κ3) is 5.66. The molecule has 3 unspecified atom stereocenters. The molecule has 0 bridgehead atoms. The molecule has 1 heterocycles. The molecule has 1 aliphatic heterocycles. The van der Waals surface area contributed by atoms with Gasteiger partial charge in [0.05, 0.1) is 5.92 Å². The Hall–Kier alpha value is -3.35. The van der Waals surface area contributed by atoms with Crippen molar-refractivity contribution in [2.24, 2.45) is 17.8 Å². The molecule has 4 rings (SSSR count). The van der Waals surface area contributed by atoms with E-state index in [1.807, 2.05) is 38.1 Å². The zero-order chi connectivity index (χ0) is 24.9. The average Bonchev–Trinajstić information content (AvgIpc) is 3.18. The summed E-state index contributed by atoms with van der Waals surface area (Å²) in [6.07, 6.45) is 1.09. The van der Waals surface area contributed by atoms with Crippen LogP contribution in [-0.2, 0) is 14.3 Å². The summed E-state index contributed by atoms with van der Waals surface area (Å²) in [5, 5.41) is 12.1. The van der Waals surface area contributed by atoms with Crippen LogP contribution >= 0.6 is 0 Å². The molecular weight excluding hydrogens is 444 g/mol. The molecule has 3 atom stereocenters. The van der Waals surface area contributed by atoms with Gasteiger partial charge in [-0.15, -0.1) is 0 Å². The fraction of sp³-hybridized carbons (Fsp3) is 0.464. The number of aliphatic carboxylic acids is 1. The smallest absolute Gasteiger partial charge is 0.407 e. The van der Waals surface area contributed by atoms with Crippen LogP contribution in [0.25, 0.3) is 11.1 Å². The first-order valence-corrected chi connectivity index (χ1v) is 12.4. The number of benzene rings is 2. The van der Waals surface area contributed by atoms with Gasteiger partial charge in [0.2, 0.25) is 5.91 Å². The van der Waals surface area contributed by atoms with E-state index in [4.69, 9.17) is 4.74 Å². The molecule has 35 heavy (non-hydrogen) atoms.